The van der Waals surface area contributed by atoms with Gasteiger partial charge in [-0.3, -0.25) is 0 Å². The van der Waals surface area contributed by atoms with Crippen LogP contribution in [0.2, 0.25) is 0 Å². The van der Waals surface area contributed by atoms with Crippen LogP contribution in [0, 0.1) is 0 Å². The van der Waals surface area contributed by atoms with Crippen LogP contribution in [-0.4, -0.2) is 5.43 Å². The maximum Gasteiger partial charge on any atom is 0.409 e. The predicted octanol–water partition coefficient (Wildman–Crippen LogP) is 3.77. The van der Waals surface area contributed by atoms with Crippen molar-refractivity contribution >= 4 is 17.0 Å². The molecule has 0 saturated heterocycles. The lowest BCUT2D eigenvalue weighted by molar-refractivity contribution is 0.225. The van der Waals surface area contributed by atoms with Gasteiger partial charge in [0.05, 0.1) is 0 Å². The lowest BCUT2D eigenvalue weighted by Gasteiger charge is -2.02. The summed E-state index contributed by atoms with van der Waals surface area (Å²) in [6.45, 7) is 2.16. The number of rotatable bonds is 4. The molecule has 1 rings (SSSR count). The van der Waals surface area contributed by atoms with Gasteiger partial charge in [0.15, 0.2) is 0 Å². The number of unbranched alkanes of at least 4 members (excludes halogenated alkanes) is 1. The first-order valence-electron chi connectivity index (χ1n) is 4.68. The van der Waals surface area contributed by atoms with Gasteiger partial charge < -0.3 is 4.74 Å². The third-order valence-corrected chi connectivity index (χ3v) is 2.02. The van der Waals surface area contributed by atoms with Gasteiger partial charge >= 0.3 is 5.43 Å². The van der Waals surface area contributed by atoms with E-state index in [-0.39, 0.29) is 0 Å². The van der Waals surface area contributed by atoms with Crippen LogP contribution in [0.5, 0.6) is 5.75 Å². The second-order valence-electron chi connectivity index (χ2n) is 3.09. The van der Waals surface area contributed by atoms with E-state index in [9.17, 15) is 4.79 Å². The fraction of sp³-hybridized carbons (Fsp3) is 0.364. The van der Waals surface area contributed by atoms with E-state index in [1.54, 1.807) is 12.1 Å². The van der Waals surface area contributed by atoms with E-state index >= 15 is 0 Å². The summed E-state index contributed by atoms with van der Waals surface area (Å²) in [7, 11) is 0. The quantitative estimate of drug-likeness (QED) is 0.711. The van der Waals surface area contributed by atoms with E-state index in [0.717, 1.165) is 6.42 Å². The van der Waals surface area contributed by atoms with Crippen molar-refractivity contribution in [1.29, 1.82) is 0 Å². The molecule has 0 bridgehead atoms. The molecule has 0 N–H and O–H groups in total. The highest BCUT2D eigenvalue weighted by atomic mass is 35.5. The zero-order valence-electron chi connectivity index (χ0n) is 8.13. The van der Waals surface area contributed by atoms with Gasteiger partial charge in [0.1, 0.15) is 5.75 Å². The fourth-order valence-electron chi connectivity index (χ4n) is 1.20. The molecule has 0 heterocycles. The Morgan fingerprint density at radius 3 is 2.50 bits per heavy atom. The van der Waals surface area contributed by atoms with Crippen molar-refractivity contribution in [3.63, 3.8) is 0 Å². The van der Waals surface area contributed by atoms with Crippen molar-refractivity contribution in [2.24, 2.45) is 0 Å². The molecule has 0 radical (unpaired) electrons. The number of aryl methyl sites for hydroxylation is 1. The summed E-state index contributed by atoms with van der Waals surface area (Å²) >= 11 is 5.07. The molecule has 0 aliphatic rings. The molecule has 0 aliphatic carbocycles. The molecule has 0 aliphatic heterocycles. The Balaban J connectivity index is 2.54. The van der Waals surface area contributed by atoms with Gasteiger partial charge in [-0.15, -0.1) is 0 Å². The first-order chi connectivity index (χ1) is 6.72. The van der Waals surface area contributed by atoms with Crippen LogP contribution in [0.25, 0.3) is 0 Å². The lowest BCUT2D eigenvalue weighted by atomic mass is 10.1. The SMILES string of the molecule is CCCCc1ccc(OC(=O)Cl)cc1. The van der Waals surface area contributed by atoms with Crippen molar-refractivity contribution < 1.29 is 9.53 Å². The van der Waals surface area contributed by atoms with Gasteiger partial charge in [-0.25, -0.2) is 4.79 Å². The van der Waals surface area contributed by atoms with Crippen LogP contribution < -0.4 is 4.74 Å². The topological polar surface area (TPSA) is 26.3 Å². The second-order valence-corrected chi connectivity index (χ2v) is 3.40. The zero-order valence-corrected chi connectivity index (χ0v) is 8.88. The summed E-state index contributed by atoms with van der Waals surface area (Å²) in [5, 5.41) is 0. The Hall–Kier alpha value is -1.02. The van der Waals surface area contributed by atoms with Crippen molar-refractivity contribution in [1.82, 2.24) is 0 Å². The molecule has 14 heavy (non-hydrogen) atoms. The standard InChI is InChI=1S/C11H13ClO2/c1-2-3-4-9-5-7-10(8-6-9)14-11(12)13/h5-8H,2-4H2,1H3. The van der Waals surface area contributed by atoms with Gasteiger partial charge in [0, 0.05) is 11.6 Å². The predicted molar refractivity (Wildman–Crippen MR) is 56.9 cm³/mol. The van der Waals surface area contributed by atoms with Crippen LogP contribution in [0.1, 0.15) is 25.3 Å². The Labute approximate surface area is 88.8 Å². The highest BCUT2D eigenvalue weighted by Gasteiger charge is 1.99. The van der Waals surface area contributed by atoms with Crippen LogP contribution in [-0.2, 0) is 6.42 Å². The second kappa shape index (κ2) is 5.66. The number of carbonyl (C=O) groups excluding carboxylic acids is 1. The minimum atomic E-state index is -0.800. The molecular formula is C11H13ClO2. The summed E-state index contributed by atoms with van der Waals surface area (Å²) in [5.74, 6) is 0.491. The first-order valence-corrected chi connectivity index (χ1v) is 5.06. The first kappa shape index (κ1) is 11.1. The van der Waals surface area contributed by atoms with E-state index in [4.69, 9.17) is 16.3 Å². The van der Waals surface area contributed by atoms with E-state index in [1.807, 2.05) is 12.1 Å². The van der Waals surface area contributed by atoms with Gasteiger partial charge in [0.25, 0.3) is 0 Å². The van der Waals surface area contributed by atoms with E-state index in [1.165, 1.54) is 18.4 Å². The minimum Gasteiger partial charge on any atom is -0.415 e. The molecule has 0 spiro atoms. The number of halogens is 1. The fourth-order valence-corrected chi connectivity index (χ4v) is 1.29. The molecule has 0 saturated carbocycles. The third kappa shape index (κ3) is 3.79. The molecule has 0 unspecified atom stereocenters. The number of benzene rings is 1. The van der Waals surface area contributed by atoms with Crippen molar-refractivity contribution in [2.75, 3.05) is 0 Å². The molecule has 0 fully saturated rings. The molecule has 76 valence electrons. The Morgan fingerprint density at radius 1 is 1.36 bits per heavy atom. The van der Waals surface area contributed by atoms with Crippen LogP contribution >= 0.6 is 11.6 Å². The maximum absolute atomic E-state index is 10.4. The van der Waals surface area contributed by atoms with Crippen molar-refractivity contribution in [3.05, 3.63) is 29.8 Å². The number of hydrogen-bond donors (Lipinski definition) is 0. The van der Waals surface area contributed by atoms with Crippen LogP contribution in [0.15, 0.2) is 24.3 Å². The molecule has 1 aromatic rings. The number of carbonyl (C=O) groups is 1. The molecule has 0 aromatic heterocycles. The lowest BCUT2D eigenvalue weighted by Crippen LogP contribution is -1.95. The maximum atomic E-state index is 10.4. The smallest absolute Gasteiger partial charge is 0.409 e. The highest BCUT2D eigenvalue weighted by molar-refractivity contribution is 6.61. The van der Waals surface area contributed by atoms with Crippen LogP contribution in [0.3, 0.4) is 0 Å². The normalized spacial score (nSPS) is 9.86. The molecular weight excluding hydrogens is 200 g/mol. The minimum absolute atomic E-state index is 0.491. The molecule has 0 amide bonds. The Kier molecular flexibility index (Phi) is 4.47. The van der Waals surface area contributed by atoms with Crippen molar-refractivity contribution in [3.8, 4) is 5.75 Å². The van der Waals surface area contributed by atoms with Gasteiger partial charge in [-0.05, 0) is 30.5 Å². The zero-order chi connectivity index (χ0) is 10.4. The molecule has 0 atom stereocenters. The van der Waals surface area contributed by atoms with Gasteiger partial charge in [-0.2, -0.15) is 0 Å². The van der Waals surface area contributed by atoms with E-state index < -0.39 is 5.43 Å². The summed E-state index contributed by atoms with van der Waals surface area (Å²) in [5.41, 5.74) is 0.451. The van der Waals surface area contributed by atoms with Gasteiger partial charge in [0.2, 0.25) is 0 Å². The molecule has 1 aromatic carbocycles. The largest absolute Gasteiger partial charge is 0.415 e. The average Bonchev–Trinajstić information content (AvgIpc) is 2.16. The monoisotopic (exact) mass is 212 g/mol. The Morgan fingerprint density at radius 2 is 2.00 bits per heavy atom. The van der Waals surface area contributed by atoms with E-state index in [2.05, 4.69) is 6.92 Å². The molecule has 3 heteroatoms. The summed E-state index contributed by atoms with van der Waals surface area (Å²) < 4.78 is 4.70. The highest BCUT2D eigenvalue weighted by Crippen LogP contribution is 2.14. The molecule has 2 nitrogen and oxygen atoms in total. The van der Waals surface area contributed by atoms with E-state index in [0.29, 0.717) is 5.75 Å². The summed E-state index contributed by atoms with van der Waals surface area (Å²) in [6, 6.07) is 7.41. The Bertz CT molecular complexity index is 293. The summed E-state index contributed by atoms with van der Waals surface area (Å²) in [4.78, 5) is 10.4. The van der Waals surface area contributed by atoms with Gasteiger partial charge in [-0.1, -0.05) is 25.5 Å². The number of ether oxygens (including phenoxy) is 1. The van der Waals surface area contributed by atoms with Crippen molar-refractivity contribution in [2.45, 2.75) is 26.2 Å². The van der Waals surface area contributed by atoms with Crippen LogP contribution in [0.4, 0.5) is 4.79 Å². The number of hydrogen-bond acceptors (Lipinski definition) is 2. The third-order valence-electron chi connectivity index (χ3n) is 1.94. The summed E-state index contributed by atoms with van der Waals surface area (Å²) in [6.07, 6.45) is 3.42. The average molecular weight is 213 g/mol.